The maximum atomic E-state index is 14.0. The van der Waals surface area contributed by atoms with Crippen molar-refractivity contribution in [1.29, 1.82) is 0 Å². The third-order valence-corrected chi connectivity index (χ3v) is 6.39. The first-order valence-corrected chi connectivity index (χ1v) is 11.0. The number of benzene rings is 3. The Labute approximate surface area is 184 Å². The Bertz CT molecular complexity index is 1020. The maximum Gasteiger partial charge on any atom is 0.142 e. The molecule has 0 bridgehead atoms. The smallest absolute Gasteiger partial charge is 0.142 e. The molecule has 3 aromatic carbocycles. The molecule has 1 heterocycles. The number of para-hydroxylation sites is 2. The molecule has 4 rings (SSSR count). The van der Waals surface area contributed by atoms with Gasteiger partial charge in [-0.3, -0.25) is 0 Å². The number of hydrogen-bond acceptors (Lipinski definition) is 2. The molecular weight excluding hydrogens is 390 g/mol. The summed E-state index contributed by atoms with van der Waals surface area (Å²) in [5.74, 6) is -0.497. The van der Waals surface area contributed by atoms with Crippen LogP contribution in [0.1, 0.15) is 44.2 Å². The van der Waals surface area contributed by atoms with Crippen molar-refractivity contribution < 1.29 is 8.78 Å². The first-order chi connectivity index (χ1) is 15.0. The zero-order valence-corrected chi connectivity index (χ0v) is 18.2. The Kier molecular flexibility index (Phi) is 6.26. The quantitative estimate of drug-likeness (QED) is 0.366. The van der Waals surface area contributed by atoms with Gasteiger partial charge < -0.3 is 9.80 Å². The van der Waals surface area contributed by atoms with Gasteiger partial charge in [0, 0.05) is 18.5 Å². The zero-order chi connectivity index (χ0) is 21.8. The van der Waals surface area contributed by atoms with Crippen LogP contribution in [0.5, 0.6) is 0 Å². The molecule has 0 spiro atoms. The van der Waals surface area contributed by atoms with Crippen molar-refractivity contribution in [3.8, 4) is 0 Å². The number of hydrogen-bond donors (Lipinski definition) is 0. The van der Waals surface area contributed by atoms with E-state index < -0.39 is 0 Å². The first-order valence-electron chi connectivity index (χ1n) is 11.0. The molecule has 4 heteroatoms. The van der Waals surface area contributed by atoms with Gasteiger partial charge in [0.15, 0.2) is 0 Å². The highest BCUT2D eigenvalue weighted by molar-refractivity contribution is 5.78. The van der Waals surface area contributed by atoms with Crippen molar-refractivity contribution in [2.24, 2.45) is 0 Å². The highest BCUT2D eigenvalue weighted by atomic mass is 19.1. The van der Waals surface area contributed by atoms with E-state index in [2.05, 4.69) is 54.6 Å². The summed E-state index contributed by atoms with van der Waals surface area (Å²) in [6, 6.07) is 21.9. The van der Waals surface area contributed by atoms with Crippen LogP contribution in [0.4, 0.5) is 20.2 Å². The molecule has 1 atom stereocenters. The highest BCUT2D eigenvalue weighted by Crippen LogP contribution is 2.39. The molecule has 0 N–H and O–H groups in total. The first kappa shape index (κ1) is 21.4. The van der Waals surface area contributed by atoms with Crippen LogP contribution >= 0.6 is 0 Å². The predicted octanol–water partition coefficient (Wildman–Crippen LogP) is 6.91. The van der Waals surface area contributed by atoms with Gasteiger partial charge in [0.1, 0.15) is 18.3 Å². The highest BCUT2D eigenvalue weighted by Gasteiger charge is 2.30. The third kappa shape index (κ3) is 4.43. The second-order valence-electron chi connectivity index (χ2n) is 8.39. The van der Waals surface area contributed by atoms with E-state index >= 15 is 0 Å². The van der Waals surface area contributed by atoms with Crippen molar-refractivity contribution in [3.05, 3.63) is 102 Å². The minimum absolute atomic E-state index is 0.242. The molecule has 0 aliphatic carbocycles. The van der Waals surface area contributed by atoms with Crippen molar-refractivity contribution in [3.63, 3.8) is 0 Å². The van der Waals surface area contributed by atoms with Gasteiger partial charge in [-0.2, -0.15) is 0 Å². The number of unbranched alkanes of at least 4 members (excludes halogenated alkanes) is 1. The van der Waals surface area contributed by atoms with Gasteiger partial charge in [-0.25, -0.2) is 8.78 Å². The predicted molar refractivity (Wildman–Crippen MR) is 124 cm³/mol. The molecule has 1 unspecified atom stereocenters. The molecule has 161 valence electrons. The summed E-state index contributed by atoms with van der Waals surface area (Å²) in [7, 11) is 0. The lowest BCUT2D eigenvalue weighted by molar-refractivity contribution is 0.481. The van der Waals surface area contributed by atoms with E-state index in [4.69, 9.17) is 0 Å². The van der Waals surface area contributed by atoms with Crippen molar-refractivity contribution in [2.75, 3.05) is 22.9 Å². The van der Waals surface area contributed by atoms with E-state index in [0.717, 1.165) is 43.5 Å². The second kappa shape index (κ2) is 9.09. The average Bonchev–Trinajstić information content (AvgIpc) is 3.15. The Morgan fingerprint density at radius 3 is 2.13 bits per heavy atom. The fraction of sp³-hybridized carbons (Fsp3) is 0.296. The molecule has 0 saturated carbocycles. The van der Waals surface area contributed by atoms with E-state index in [1.165, 1.54) is 29.6 Å². The normalized spacial score (nSPS) is 15.1. The summed E-state index contributed by atoms with van der Waals surface area (Å²) >= 11 is 0. The van der Waals surface area contributed by atoms with Crippen LogP contribution < -0.4 is 9.80 Å². The molecule has 0 aromatic heterocycles. The van der Waals surface area contributed by atoms with Crippen LogP contribution in [0.25, 0.3) is 0 Å². The molecule has 0 fully saturated rings. The fourth-order valence-electron chi connectivity index (χ4n) is 4.54. The zero-order valence-electron chi connectivity index (χ0n) is 18.2. The van der Waals surface area contributed by atoms with Gasteiger partial charge in [0.25, 0.3) is 0 Å². The van der Waals surface area contributed by atoms with Gasteiger partial charge in [0.2, 0.25) is 0 Å². The molecular formula is C27H29F2N2. The third-order valence-electron chi connectivity index (χ3n) is 6.39. The minimum Gasteiger partial charge on any atom is -0.346 e. The summed E-state index contributed by atoms with van der Waals surface area (Å²) in [4.78, 5) is 4.58. The van der Waals surface area contributed by atoms with Gasteiger partial charge >= 0.3 is 0 Å². The second-order valence-corrected chi connectivity index (χ2v) is 8.39. The lowest BCUT2D eigenvalue weighted by Gasteiger charge is -2.31. The van der Waals surface area contributed by atoms with E-state index in [1.807, 2.05) is 18.2 Å². The molecule has 0 amide bonds. The van der Waals surface area contributed by atoms with E-state index in [-0.39, 0.29) is 17.0 Å². The number of halogens is 2. The van der Waals surface area contributed by atoms with Crippen molar-refractivity contribution >= 4 is 11.4 Å². The lowest BCUT2D eigenvalue weighted by atomic mass is 9.72. The average molecular weight is 420 g/mol. The van der Waals surface area contributed by atoms with Gasteiger partial charge in [-0.05, 0) is 67.3 Å². The fourth-order valence-corrected chi connectivity index (χ4v) is 4.54. The molecule has 1 radical (unpaired) electrons. The molecule has 31 heavy (non-hydrogen) atoms. The van der Waals surface area contributed by atoms with Crippen LogP contribution in [0.2, 0.25) is 0 Å². The van der Waals surface area contributed by atoms with Crippen molar-refractivity contribution in [2.45, 2.75) is 38.5 Å². The Balaban J connectivity index is 1.47. The number of nitrogens with zero attached hydrogens (tertiary/aromatic N) is 2. The topological polar surface area (TPSA) is 6.48 Å². The van der Waals surface area contributed by atoms with Crippen LogP contribution in [-0.4, -0.2) is 13.1 Å². The van der Waals surface area contributed by atoms with Gasteiger partial charge in [-0.1, -0.05) is 49.7 Å². The number of fused-ring (bicyclic) bond motifs is 1. The molecule has 1 aliphatic heterocycles. The van der Waals surface area contributed by atoms with Crippen molar-refractivity contribution in [1.82, 2.24) is 0 Å². The molecule has 1 aliphatic rings. The monoisotopic (exact) mass is 419 g/mol. The number of rotatable bonds is 8. The van der Waals surface area contributed by atoms with Crippen LogP contribution in [0.3, 0.4) is 0 Å². The maximum absolute atomic E-state index is 14.0. The van der Waals surface area contributed by atoms with Gasteiger partial charge in [0.05, 0.1) is 11.4 Å². The van der Waals surface area contributed by atoms with Crippen LogP contribution in [-0.2, 0) is 5.41 Å². The molecule has 3 aromatic rings. The van der Waals surface area contributed by atoms with E-state index in [9.17, 15) is 8.78 Å². The molecule has 0 saturated heterocycles. The van der Waals surface area contributed by atoms with Crippen LogP contribution in [0.15, 0.2) is 72.8 Å². The Hall–Kier alpha value is -2.88. The summed E-state index contributed by atoms with van der Waals surface area (Å²) in [5.41, 5.74) is 4.05. The van der Waals surface area contributed by atoms with E-state index in [0.29, 0.717) is 0 Å². The minimum atomic E-state index is -0.377. The summed E-state index contributed by atoms with van der Waals surface area (Å²) in [6.07, 6.45) is 2.84. The number of anilines is 2. The summed E-state index contributed by atoms with van der Waals surface area (Å²) in [6.45, 7) is 8.34. The Morgan fingerprint density at radius 2 is 1.45 bits per heavy atom. The summed E-state index contributed by atoms with van der Waals surface area (Å²) in [5, 5.41) is 0. The Morgan fingerprint density at radius 1 is 0.742 bits per heavy atom. The SMILES string of the molecule is CCN1[CH]N(CCCCC(C)(c2ccc(F)cc2)c2cccc(F)c2)c2ccccc21. The lowest BCUT2D eigenvalue weighted by Crippen LogP contribution is -2.27. The van der Waals surface area contributed by atoms with Crippen LogP contribution in [0, 0.1) is 18.3 Å². The van der Waals surface area contributed by atoms with Gasteiger partial charge in [-0.15, -0.1) is 0 Å². The van der Waals surface area contributed by atoms with E-state index in [1.54, 1.807) is 12.1 Å². The summed E-state index contributed by atoms with van der Waals surface area (Å²) < 4.78 is 27.5. The largest absolute Gasteiger partial charge is 0.346 e. The molecule has 2 nitrogen and oxygen atoms in total. The standard InChI is InChI=1S/C27H29F2N2/c1-3-30-20-31(26-12-5-4-11-25(26)30)18-7-6-17-27(2,21-13-15-23(28)16-14-21)22-9-8-10-24(29)19-22/h4-5,8-16,19-20H,3,6-7,17-18H2,1-2H3.